The molecule has 0 aromatic heterocycles. The van der Waals surface area contributed by atoms with Crippen molar-refractivity contribution in [3.05, 3.63) is 42.5 Å². The molecule has 2 aromatic carbocycles. The van der Waals surface area contributed by atoms with Gasteiger partial charge in [-0.15, -0.1) is 0 Å². The lowest BCUT2D eigenvalue weighted by atomic mass is 10.0. The van der Waals surface area contributed by atoms with Crippen LogP contribution >= 0.6 is 0 Å². The molecule has 114 valence electrons. The molecule has 0 aliphatic rings. The van der Waals surface area contributed by atoms with Crippen LogP contribution in [0.2, 0.25) is 0 Å². The first-order chi connectivity index (χ1) is 10.6. The van der Waals surface area contributed by atoms with Crippen LogP contribution < -0.4 is 15.4 Å². The van der Waals surface area contributed by atoms with E-state index in [9.17, 15) is 9.59 Å². The second kappa shape index (κ2) is 7.12. The topological polar surface area (TPSA) is 87.7 Å². The number of benzene rings is 2. The predicted molar refractivity (Wildman–Crippen MR) is 84.4 cm³/mol. The average Bonchev–Trinajstić information content (AvgIpc) is 2.50. The molecule has 0 spiro atoms. The van der Waals surface area contributed by atoms with Gasteiger partial charge in [0.2, 0.25) is 6.41 Å². The van der Waals surface area contributed by atoms with Gasteiger partial charge >= 0.3 is 6.09 Å². The van der Waals surface area contributed by atoms with E-state index in [0.29, 0.717) is 30.1 Å². The van der Waals surface area contributed by atoms with Crippen LogP contribution in [0.3, 0.4) is 0 Å². The average molecular weight is 300 g/mol. The third kappa shape index (κ3) is 3.76. The lowest BCUT2D eigenvalue weighted by molar-refractivity contribution is -0.105. The van der Waals surface area contributed by atoms with Crippen LogP contribution in [0.5, 0.6) is 5.75 Å². The summed E-state index contributed by atoms with van der Waals surface area (Å²) in [6, 6.07) is 12.4. The number of anilines is 2. The smallest absolute Gasteiger partial charge is 0.409 e. The van der Waals surface area contributed by atoms with Crippen LogP contribution in [0.4, 0.5) is 16.2 Å². The van der Waals surface area contributed by atoms with Gasteiger partial charge in [-0.2, -0.15) is 0 Å². The van der Waals surface area contributed by atoms with Gasteiger partial charge < -0.3 is 15.2 Å². The van der Waals surface area contributed by atoms with Crippen LogP contribution in [0.1, 0.15) is 6.92 Å². The minimum absolute atomic E-state index is 0.485. The molecule has 0 bridgehead atoms. The molecule has 2 rings (SSSR count). The first-order valence-electron chi connectivity index (χ1n) is 6.71. The number of hydrogen-bond donors (Lipinski definition) is 3. The highest BCUT2D eigenvalue weighted by molar-refractivity contribution is 5.84. The fraction of sp³-hybridized carbons (Fsp3) is 0.125. The second-order valence-corrected chi connectivity index (χ2v) is 4.41. The van der Waals surface area contributed by atoms with Crippen LogP contribution in [-0.2, 0) is 4.79 Å². The number of hydrogen-bond acceptors (Lipinski definition) is 3. The Balaban J connectivity index is 2.29. The molecule has 6 heteroatoms. The third-order valence-corrected chi connectivity index (χ3v) is 2.97. The summed E-state index contributed by atoms with van der Waals surface area (Å²) >= 11 is 0. The standard InChI is InChI=1S/C16H16N2O4/c1-2-22-15-9-12(5-8-14(15)17-10-19)11-3-6-13(7-4-11)18-16(20)21/h3-10,18H,2H2,1H3,(H,17,19)(H,20,21). The van der Waals surface area contributed by atoms with E-state index in [0.717, 1.165) is 11.1 Å². The van der Waals surface area contributed by atoms with Crippen LogP contribution in [0.25, 0.3) is 11.1 Å². The van der Waals surface area contributed by atoms with Crippen molar-refractivity contribution in [2.45, 2.75) is 6.92 Å². The first-order valence-corrected chi connectivity index (χ1v) is 6.71. The predicted octanol–water partition coefficient (Wildman–Crippen LogP) is 3.41. The molecule has 2 aromatic rings. The fourth-order valence-electron chi connectivity index (χ4n) is 2.03. The van der Waals surface area contributed by atoms with Crippen LogP contribution in [-0.4, -0.2) is 24.2 Å². The first kappa shape index (κ1) is 15.4. The minimum atomic E-state index is -1.10. The van der Waals surface area contributed by atoms with Crippen molar-refractivity contribution in [3.63, 3.8) is 0 Å². The lowest BCUT2D eigenvalue weighted by Gasteiger charge is -2.11. The number of nitrogens with one attached hydrogen (secondary N) is 2. The van der Waals surface area contributed by atoms with Crippen LogP contribution in [0.15, 0.2) is 42.5 Å². The van der Waals surface area contributed by atoms with Gasteiger partial charge in [0.25, 0.3) is 0 Å². The molecule has 0 unspecified atom stereocenters. The van der Waals surface area contributed by atoms with E-state index in [2.05, 4.69) is 10.6 Å². The van der Waals surface area contributed by atoms with Gasteiger partial charge in [-0.25, -0.2) is 4.79 Å². The normalized spacial score (nSPS) is 9.86. The summed E-state index contributed by atoms with van der Waals surface area (Å²) in [6.45, 7) is 2.35. The van der Waals surface area contributed by atoms with Crippen molar-refractivity contribution < 1.29 is 19.4 Å². The van der Waals surface area contributed by atoms with Gasteiger partial charge in [0.1, 0.15) is 5.75 Å². The summed E-state index contributed by atoms with van der Waals surface area (Å²) < 4.78 is 5.52. The Labute approximate surface area is 127 Å². The molecule has 0 aliphatic carbocycles. The molecule has 0 aliphatic heterocycles. The summed E-state index contributed by atoms with van der Waals surface area (Å²) in [7, 11) is 0. The number of carbonyl (C=O) groups is 2. The molecule has 2 amide bonds. The molecular weight excluding hydrogens is 284 g/mol. The zero-order valence-corrected chi connectivity index (χ0v) is 12.0. The van der Waals surface area contributed by atoms with Crippen molar-refractivity contribution in [2.75, 3.05) is 17.2 Å². The van der Waals surface area contributed by atoms with Crippen molar-refractivity contribution in [2.24, 2.45) is 0 Å². The minimum Gasteiger partial charge on any atom is -0.492 e. The highest BCUT2D eigenvalue weighted by atomic mass is 16.5. The molecule has 0 saturated carbocycles. The zero-order chi connectivity index (χ0) is 15.9. The molecule has 0 atom stereocenters. The number of carbonyl (C=O) groups excluding carboxylic acids is 1. The fourth-order valence-corrected chi connectivity index (χ4v) is 2.03. The lowest BCUT2D eigenvalue weighted by Crippen LogP contribution is -2.06. The summed E-state index contributed by atoms with van der Waals surface area (Å²) in [5, 5.41) is 13.5. The Kier molecular flexibility index (Phi) is 4.98. The van der Waals surface area contributed by atoms with Crippen molar-refractivity contribution in [1.82, 2.24) is 0 Å². The van der Waals surface area contributed by atoms with Crippen molar-refractivity contribution in [3.8, 4) is 16.9 Å². The molecule has 0 heterocycles. The monoisotopic (exact) mass is 300 g/mol. The summed E-state index contributed by atoms with van der Waals surface area (Å²) in [5.41, 5.74) is 2.92. The molecule has 0 saturated heterocycles. The Morgan fingerprint density at radius 1 is 1.18 bits per heavy atom. The van der Waals surface area contributed by atoms with E-state index in [4.69, 9.17) is 9.84 Å². The van der Waals surface area contributed by atoms with E-state index in [1.165, 1.54) is 0 Å². The number of amides is 2. The van der Waals surface area contributed by atoms with Gasteiger partial charge in [-0.3, -0.25) is 10.1 Å². The van der Waals surface area contributed by atoms with Crippen LogP contribution in [0, 0.1) is 0 Å². The quantitative estimate of drug-likeness (QED) is 0.713. The van der Waals surface area contributed by atoms with Crippen molar-refractivity contribution in [1.29, 1.82) is 0 Å². The van der Waals surface area contributed by atoms with E-state index >= 15 is 0 Å². The maximum absolute atomic E-state index is 10.6. The van der Waals surface area contributed by atoms with E-state index in [1.807, 2.05) is 31.2 Å². The molecule has 6 nitrogen and oxygen atoms in total. The van der Waals surface area contributed by atoms with Gasteiger partial charge in [-0.05, 0) is 42.3 Å². The Bertz CT molecular complexity index is 668. The van der Waals surface area contributed by atoms with Gasteiger partial charge in [-0.1, -0.05) is 18.2 Å². The van der Waals surface area contributed by atoms with Gasteiger partial charge in [0.15, 0.2) is 0 Å². The summed E-state index contributed by atoms with van der Waals surface area (Å²) in [4.78, 5) is 21.2. The van der Waals surface area contributed by atoms with Gasteiger partial charge in [0, 0.05) is 5.69 Å². The highest BCUT2D eigenvalue weighted by Crippen LogP contribution is 2.31. The summed E-state index contributed by atoms with van der Waals surface area (Å²) in [5.74, 6) is 0.583. The Hall–Kier alpha value is -3.02. The maximum atomic E-state index is 10.6. The number of rotatable bonds is 6. The SMILES string of the molecule is CCOc1cc(-c2ccc(NC(=O)O)cc2)ccc1NC=O. The Morgan fingerprint density at radius 3 is 2.45 bits per heavy atom. The highest BCUT2D eigenvalue weighted by Gasteiger charge is 2.07. The number of carboxylic acid groups (broad SMARTS) is 1. The molecule has 22 heavy (non-hydrogen) atoms. The maximum Gasteiger partial charge on any atom is 0.409 e. The van der Waals surface area contributed by atoms with E-state index in [-0.39, 0.29) is 0 Å². The van der Waals surface area contributed by atoms with Crippen molar-refractivity contribution >= 4 is 23.9 Å². The largest absolute Gasteiger partial charge is 0.492 e. The molecule has 3 N–H and O–H groups in total. The van der Waals surface area contributed by atoms with Gasteiger partial charge in [0.05, 0.1) is 12.3 Å². The molecule has 0 radical (unpaired) electrons. The number of ether oxygens (including phenoxy) is 1. The summed E-state index contributed by atoms with van der Waals surface area (Å²) in [6.07, 6.45) is -0.500. The zero-order valence-electron chi connectivity index (χ0n) is 12.0. The second-order valence-electron chi connectivity index (χ2n) is 4.41. The Morgan fingerprint density at radius 2 is 1.86 bits per heavy atom. The third-order valence-electron chi connectivity index (χ3n) is 2.97. The van der Waals surface area contributed by atoms with E-state index in [1.54, 1.807) is 18.2 Å². The molecular formula is C16H16N2O4. The molecule has 0 fully saturated rings. The van der Waals surface area contributed by atoms with E-state index < -0.39 is 6.09 Å².